The average Bonchev–Trinajstić information content (AvgIpc) is 2.87. The predicted octanol–water partition coefficient (Wildman–Crippen LogP) is 3.47. The highest BCUT2D eigenvalue weighted by Crippen LogP contribution is 2.27. The molecule has 0 saturated carbocycles. The number of hydrogen-bond acceptors (Lipinski definition) is 4. The normalized spacial score (nSPS) is 11.0. The molecule has 0 aliphatic carbocycles. The van der Waals surface area contributed by atoms with Crippen LogP contribution in [0.1, 0.15) is 21.7 Å². The smallest absolute Gasteiger partial charge is 0.107 e. The Kier molecular flexibility index (Phi) is 5.29. The molecule has 0 aliphatic heterocycles. The molecule has 4 heteroatoms. The summed E-state index contributed by atoms with van der Waals surface area (Å²) in [6.07, 6.45) is 0. The molecule has 0 atom stereocenters. The van der Waals surface area contributed by atoms with E-state index in [1.807, 2.05) is 0 Å². The first-order valence-electron chi connectivity index (χ1n) is 6.84. The zero-order valence-corrected chi connectivity index (χ0v) is 13.4. The van der Waals surface area contributed by atoms with E-state index in [2.05, 4.69) is 43.6 Å². The minimum Gasteiger partial charge on any atom is -0.383 e. The van der Waals surface area contributed by atoms with E-state index < -0.39 is 0 Å². The van der Waals surface area contributed by atoms with Gasteiger partial charge in [0.25, 0.3) is 0 Å². The maximum Gasteiger partial charge on any atom is 0.107 e. The number of rotatable bonds is 6. The van der Waals surface area contributed by atoms with Crippen molar-refractivity contribution in [1.82, 2.24) is 10.3 Å². The number of aryl methyl sites for hydroxylation is 3. The first-order valence-corrected chi connectivity index (χ1v) is 7.72. The molecule has 0 aliphatic rings. The van der Waals surface area contributed by atoms with Gasteiger partial charge in [-0.3, -0.25) is 0 Å². The predicted molar refractivity (Wildman–Crippen MR) is 85.3 cm³/mol. The second kappa shape index (κ2) is 6.97. The van der Waals surface area contributed by atoms with Crippen LogP contribution in [0.5, 0.6) is 0 Å². The van der Waals surface area contributed by atoms with Crippen molar-refractivity contribution in [2.45, 2.75) is 27.3 Å². The van der Waals surface area contributed by atoms with Gasteiger partial charge < -0.3 is 10.1 Å². The topological polar surface area (TPSA) is 34.1 Å². The second-order valence-corrected chi connectivity index (χ2v) is 5.99. The van der Waals surface area contributed by atoms with E-state index >= 15 is 0 Å². The Bertz CT molecular complexity index is 578. The summed E-state index contributed by atoms with van der Waals surface area (Å²) in [6, 6.07) is 4.47. The van der Waals surface area contributed by atoms with Crippen LogP contribution in [0.4, 0.5) is 0 Å². The summed E-state index contributed by atoms with van der Waals surface area (Å²) in [5.74, 6) is 0. The van der Waals surface area contributed by atoms with Crippen molar-refractivity contribution in [3.8, 4) is 11.3 Å². The zero-order valence-electron chi connectivity index (χ0n) is 12.6. The minimum absolute atomic E-state index is 0.731. The lowest BCUT2D eigenvalue weighted by molar-refractivity contribution is 0.199. The van der Waals surface area contributed by atoms with Gasteiger partial charge >= 0.3 is 0 Å². The van der Waals surface area contributed by atoms with E-state index in [0.29, 0.717) is 0 Å². The zero-order chi connectivity index (χ0) is 14.5. The van der Waals surface area contributed by atoms with Gasteiger partial charge in [-0.1, -0.05) is 6.07 Å². The minimum atomic E-state index is 0.731. The van der Waals surface area contributed by atoms with Gasteiger partial charge in [0.15, 0.2) is 0 Å². The van der Waals surface area contributed by atoms with Gasteiger partial charge in [-0.2, -0.15) is 0 Å². The average molecular weight is 290 g/mol. The molecule has 1 aromatic heterocycles. The number of nitrogens with zero attached hydrogens (tertiary/aromatic N) is 1. The summed E-state index contributed by atoms with van der Waals surface area (Å²) < 4.78 is 5.01. The first kappa shape index (κ1) is 15.2. The van der Waals surface area contributed by atoms with Gasteiger partial charge in [-0.25, -0.2) is 4.98 Å². The van der Waals surface area contributed by atoms with Gasteiger partial charge in [0.05, 0.1) is 12.3 Å². The molecule has 20 heavy (non-hydrogen) atoms. The van der Waals surface area contributed by atoms with Crippen LogP contribution in [0, 0.1) is 20.8 Å². The molecule has 0 radical (unpaired) electrons. The summed E-state index contributed by atoms with van der Waals surface area (Å²) in [6.45, 7) is 8.84. The Balaban J connectivity index is 2.10. The molecule has 0 unspecified atom stereocenters. The summed E-state index contributed by atoms with van der Waals surface area (Å²) >= 11 is 1.71. The number of hydrogen-bond donors (Lipinski definition) is 1. The van der Waals surface area contributed by atoms with Gasteiger partial charge in [-0.15, -0.1) is 11.3 Å². The summed E-state index contributed by atoms with van der Waals surface area (Å²) in [5, 5.41) is 6.59. The van der Waals surface area contributed by atoms with Gasteiger partial charge in [0.1, 0.15) is 5.01 Å². The fourth-order valence-corrected chi connectivity index (χ4v) is 2.89. The third-order valence-corrected chi connectivity index (χ3v) is 4.28. The number of nitrogens with one attached hydrogen (secondary N) is 1. The standard InChI is InChI=1S/C16H22N2OS/c1-11-7-13(3)14(8-12(11)2)15-10-20-16(18-15)9-17-5-6-19-4/h7-8,10,17H,5-6,9H2,1-4H3. The van der Waals surface area contributed by atoms with E-state index in [1.165, 1.54) is 22.3 Å². The molecule has 1 heterocycles. The second-order valence-electron chi connectivity index (χ2n) is 5.05. The number of thiazole rings is 1. The molecule has 108 valence electrons. The lowest BCUT2D eigenvalue weighted by Crippen LogP contribution is -2.18. The maximum absolute atomic E-state index is 5.01. The highest BCUT2D eigenvalue weighted by atomic mass is 32.1. The SMILES string of the molecule is COCCNCc1nc(-c2cc(C)c(C)cc2C)cs1. The number of methoxy groups -OCH3 is 1. The molecule has 2 aromatic rings. The largest absolute Gasteiger partial charge is 0.383 e. The molecule has 2 rings (SSSR count). The molecule has 0 amide bonds. The molecule has 0 fully saturated rings. The lowest BCUT2D eigenvalue weighted by atomic mass is 9.99. The quantitative estimate of drug-likeness (QED) is 0.827. The van der Waals surface area contributed by atoms with Gasteiger partial charge in [-0.05, 0) is 43.5 Å². The van der Waals surface area contributed by atoms with Crippen LogP contribution < -0.4 is 5.32 Å². The van der Waals surface area contributed by atoms with Crippen LogP contribution in [-0.2, 0) is 11.3 Å². The van der Waals surface area contributed by atoms with Crippen molar-refractivity contribution in [3.05, 3.63) is 39.2 Å². The van der Waals surface area contributed by atoms with Crippen LogP contribution in [0.25, 0.3) is 11.3 Å². The highest BCUT2D eigenvalue weighted by Gasteiger charge is 2.08. The highest BCUT2D eigenvalue weighted by molar-refractivity contribution is 7.09. The molecular formula is C16H22N2OS. The third-order valence-electron chi connectivity index (χ3n) is 3.43. The Morgan fingerprint density at radius 3 is 2.65 bits per heavy atom. The maximum atomic E-state index is 5.01. The van der Waals surface area contributed by atoms with Crippen molar-refractivity contribution in [2.75, 3.05) is 20.3 Å². The number of benzene rings is 1. The van der Waals surface area contributed by atoms with Crippen LogP contribution in [0.3, 0.4) is 0 Å². The van der Waals surface area contributed by atoms with Crippen molar-refractivity contribution < 1.29 is 4.74 Å². The van der Waals surface area contributed by atoms with Crippen LogP contribution >= 0.6 is 11.3 Å². The van der Waals surface area contributed by atoms with E-state index in [1.54, 1.807) is 18.4 Å². The molecule has 1 N–H and O–H groups in total. The monoisotopic (exact) mass is 290 g/mol. The summed E-state index contributed by atoms with van der Waals surface area (Å²) in [4.78, 5) is 4.72. The third kappa shape index (κ3) is 3.66. The van der Waals surface area contributed by atoms with Crippen molar-refractivity contribution >= 4 is 11.3 Å². The van der Waals surface area contributed by atoms with Crippen LogP contribution in [-0.4, -0.2) is 25.2 Å². The number of ether oxygens (including phenoxy) is 1. The van der Waals surface area contributed by atoms with E-state index in [4.69, 9.17) is 9.72 Å². The van der Waals surface area contributed by atoms with E-state index in [9.17, 15) is 0 Å². The van der Waals surface area contributed by atoms with E-state index in [-0.39, 0.29) is 0 Å². The van der Waals surface area contributed by atoms with Gasteiger partial charge in [0.2, 0.25) is 0 Å². The van der Waals surface area contributed by atoms with Gasteiger partial charge in [0, 0.05) is 31.1 Å². The van der Waals surface area contributed by atoms with Crippen molar-refractivity contribution in [1.29, 1.82) is 0 Å². The molecular weight excluding hydrogens is 268 g/mol. The van der Waals surface area contributed by atoms with Crippen molar-refractivity contribution in [2.24, 2.45) is 0 Å². The summed E-state index contributed by atoms with van der Waals surface area (Å²) in [7, 11) is 1.71. The number of aromatic nitrogens is 1. The van der Waals surface area contributed by atoms with E-state index in [0.717, 1.165) is 30.4 Å². The lowest BCUT2D eigenvalue weighted by Gasteiger charge is -2.07. The first-order chi connectivity index (χ1) is 9.61. The molecule has 3 nitrogen and oxygen atoms in total. The Hall–Kier alpha value is -1.23. The molecule has 0 saturated heterocycles. The fraction of sp³-hybridized carbons (Fsp3) is 0.438. The molecule has 1 aromatic carbocycles. The fourth-order valence-electron chi connectivity index (χ4n) is 2.12. The molecule has 0 bridgehead atoms. The van der Waals surface area contributed by atoms with Crippen LogP contribution in [0.2, 0.25) is 0 Å². The molecule has 0 spiro atoms. The Morgan fingerprint density at radius 1 is 1.15 bits per heavy atom. The van der Waals surface area contributed by atoms with Crippen molar-refractivity contribution in [3.63, 3.8) is 0 Å². The Labute approximate surface area is 125 Å². The summed E-state index contributed by atoms with van der Waals surface area (Å²) in [5.41, 5.74) is 6.27. The van der Waals surface area contributed by atoms with Crippen LogP contribution in [0.15, 0.2) is 17.5 Å². The Morgan fingerprint density at radius 2 is 1.90 bits per heavy atom.